The number of carbonyl (C=O) groups excluding carboxylic acids is 2. The summed E-state index contributed by atoms with van der Waals surface area (Å²) in [6, 6.07) is 15.4. The number of rotatable bonds is 8. The second kappa shape index (κ2) is 9.85. The molecule has 148 valence electrons. The van der Waals surface area contributed by atoms with Crippen molar-refractivity contribution in [2.75, 3.05) is 32.8 Å². The second-order valence-corrected chi connectivity index (χ2v) is 6.56. The van der Waals surface area contributed by atoms with Crippen LogP contribution in [0.1, 0.15) is 5.56 Å². The van der Waals surface area contributed by atoms with Gasteiger partial charge in [-0.15, -0.1) is 0 Å². The predicted molar refractivity (Wildman–Crippen MR) is 101 cm³/mol. The van der Waals surface area contributed by atoms with Gasteiger partial charge in [0.25, 0.3) is 5.91 Å². The van der Waals surface area contributed by atoms with E-state index >= 15 is 0 Å². The Hall–Kier alpha value is -2.93. The van der Waals surface area contributed by atoms with Gasteiger partial charge in [-0.05, 0) is 36.2 Å². The highest BCUT2D eigenvalue weighted by Crippen LogP contribution is 2.11. The lowest BCUT2D eigenvalue weighted by atomic mass is 10.1. The molecular formula is C21H23FN2O4. The number of benzene rings is 2. The highest BCUT2D eigenvalue weighted by Gasteiger charge is 2.26. The first kappa shape index (κ1) is 19.8. The Balaban J connectivity index is 1.39. The quantitative estimate of drug-likeness (QED) is 0.751. The Labute approximate surface area is 163 Å². The fourth-order valence-electron chi connectivity index (χ4n) is 2.89. The van der Waals surface area contributed by atoms with Crippen molar-refractivity contribution in [1.29, 1.82) is 0 Å². The third kappa shape index (κ3) is 6.06. The van der Waals surface area contributed by atoms with Crippen molar-refractivity contribution in [2.45, 2.75) is 12.5 Å². The summed E-state index contributed by atoms with van der Waals surface area (Å²) < 4.78 is 23.7. The molecule has 6 nitrogen and oxygen atoms in total. The van der Waals surface area contributed by atoms with E-state index < -0.39 is 0 Å². The van der Waals surface area contributed by atoms with Gasteiger partial charge in [-0.3, -0.25) is 9.59 Å². The maximum Gasteiger partial charge on any atom is 0.258 e. The lowest BCUT2D eigenvalue weighted by Crippen LogP contribution is -2.51. The molecule has 28 heavy (non-hydrogen) atoms. The molecule has 0 saturated carbocycles. The Kier molecular flexibility index (Phi) is 6.97. The molecule has 1 N–H and O–H groups in total. The summed E-state index contributed by atoms with van der Waals surface area (Å²) in [4.78, 5) is 25.8. The lowest BCUT2D eigenvalue weighted by Gasteiger charge is -2.33. The molecule has 1 saturated heterocycles. The number of ether oxygens (including phenoxy) is 2. The fraction of sp³-hybridized carbons (Fsp3) is 0.333. The minimum atomic E-state index is -0.363. The molecule has 1 atom stereocenters. The Morgan fingerprint density at radius 2 is 1.93 bits per heavy atom. The number of halogens is 1. The molecule has 1 fully saturated rings. The standard InChI is InChI=1S/C21H23FN2O4/c22-17-6-8-18(9-7-17)27-14-20(25)23-12-19-13-24(21(26)15-28-19)11-10-16-4-2-1-3-5-16/h1-9,19H,10-15H2,(H,23,25). The van der Waals surface area contributed by atoms with Crippen molar-refractivity contribution >= 4 is 11.8 Å². The Morgan fingerprint density at radius 3 is 2.68 bits per heavy atom. The largest absolute Gasteiger partial charge is 0.484 e. The van der Waals surface area contributed by atoms with E-state index in [4.69, 9.17) is 9.47 Å². The molecule has 1 heterocycles. The molecule has 0 aliphatic carbocycles. The number of hydrogen-bond acceptors (Lipinski definition) is 4. The van der Waals surface area contributed by atoms with Crippen molar-refractivity contribution in [2.24, 2.45) is 0 Å². The van der Waals surface area contributed by atoms with E-state index in [-0.39, 0.29) is 36.9 Å². The SMILES string of the molecule is O=C(COc1ccc(F)cc1)NCC1CN(CCc2ccccc2)C(=O)CO1. The zero-order chi connectivity index (χ0) is 19.8. The van der Waals surface area contributed by atoms with Crippen LogP contribution in [0.5, 0.6) is 5.75 Å². The molecule has 2 aromatic rings. The van der Waals surface area contributed by atoms with Gasteiger partial charge in [0.05, 0.1) is 6.10 Å². The third-order valence-corrected chi connectivity index (χ3v) is 4.44. The molecule has 0 radical (unpaired) electrons. The van der Waals surface area contributed by atoms with Gasteiger partial charge in [-0.1, -0.05) is 30.3 Å². The third-order valence-electron chi connectivity index (χ3n) is 4.44. The normalized spacial score (nSPS) is 16.7. The first-order chi connectivity index (χ1) is 13.6. The summed E-state index contributed by atoms with van der Waals surface area (Å²) in [6.45, 7) is 1.19. The molecule has 0 spiro atoms. The van der Waals surface area contributed by atoms with Gasteiger partial charge in [0.1, 0.15) is 18.2 Å². The smallest absolute Gasteiger partial charge is 0.258 e. The first-order valence-electron chi connectivity index (χ1n) is 9.18. The van der Waals surface area contributed by atoms with Crippen LogP contribution < -0.4 is 10.1 Å². The van der Waals surface area contributed by atoms with E-state index in [0.29, 0.717) is 25.4 Å². The van der Waals surface area contributed by atoms with Crippen LogP contribution in [0.4, 0.5) is 4.39 Å². The minimum Gasteiger partial charge on any atom is -0.484 e. The fourth-order valence-corrected chi connectivity index (χ4v) is 2.89. The Bertz CT molecular complexity index is 783. The van der Waals surface area contributed by atoms with Crippen LogP contribution in [0.2, 0.25) is 0 Å². The van der Waals surface area contributed by atoms with Gasteiger partial charge < -0.3 is 19.7 Å². The van der Waals surface area contributed by atoms with E-state index in [1.165, 1.54) is 29.8 Å². The number of morpholine rings is 1. The van der Waals surface area contributed by atoms with Crippen LogP contribution in [0.25, 0.3) is 0 Å². The maximum absolute atomic E-state index is 12.8. The van der Waals surface area contributed by atoms with Gasteiger partial charge in [0.2, 0.25) is 5.91 Å². The monoisotopic (exact) mass is 386 g/mol. The van der Waals surface area contributed by atoms with Crippen molar-refractivity contribution in [1.82, 2.24) is 10.2 Å². The predicted octanol–water partition coefficient (Wildman–Crippen LogP) is 1.79. The summed E-state index contributed by atoms with van der Waals surface area (Å²) in [7, 11) is 0. The molecule has 1 aliphatic heterocycles. The molecule has 2 aromatic carbocycles. The molecule has 3 rings (SSSR count). The number of nitrogens with zero attached hydrogens (tertiary/aromatic N) is 1. The van der Waals surface area contributed by atoms with Gasteiger partial charge in [0, 0.05) is 19.6 Å². The van der Waals surface area contributed by atoms with Crippen LogP contribution in [0.15, 0.2) is 54.6 Å². The first-order valence-corrected chi connectivity index (χ1v) is 9.18. The highest BCUT2D eigenvalue weighted by molar-refractivity contribution is 5.78. The van der Waals surface area contributed by atoms with Gasteiger partial charge >= 0.3 is 0 Å². The van der Waals surface area contributed by atoms with Crippen LogP contribution in [0.3, 0.4) is 0 Å². The van der Waals surface area contributed by atoms with Crippen LogP contribution in [-0.2, 0) is 20.7 Å². The molecule has 1 unspecified atom stereocenters. The van der Waals surface area contributed by atoms with Crippen LogP contribution in [0, 0.1) is 5.82 Å². The average Bonchev–Trinajstić information content (AvgIpc) is 2.72. The van der Waals surface area contributed by atoms with E-state index in [1.54, 1.807) is 4.90 Å². The van der Waals surface area contributed by atoms with E-state index in [0.717, 1.165) is 6.42 Å². The van der Waals surface area contributed by atoms with Crippen molar-refractivity contribution in [3.05, 3.63) is 66.0 Å². The zero-order valence-electron chi connectivity index (χ0n) is 15.5. The maximum atomic E-state index is 12.8. The number of amides is 2. The van der Waals surface area contributed by atoms with E-state index in [9.17, 15) is 14.0 Å². The Morgan fingerprint density at radius 1 is 1.18 bits per heavy atom. The average molecular weight is 386 g/mol. The topological polar surface area (TPSA) is 67.9 Å². The summed E-state index contributed by atoms with van der Waals surface area (Å²) >= 11 is 0. The van der Waals surface area contributed by atoms with Gasteiger partial charge in [-0.2, -0.15) is 0 Å². The van der Waals surface area contributed by atoms with Gasteiger partial charge in [-0.25, -0.2) is 4.39 Å². The molecule has 1 aliphatic rings. The number of carbonyl (C=O) groups is 2. The summed E-state index contributed by atoms with van der Waals surface area (Å²) in [5.41, 5.74) is 1.17. The highest BCUT2D eigenvalue weighted by atomic mass is 19.1. The summed E-state index contributed by atoms with van der Waals surface area (Å²) in [6.07, 6.45) is 0.514. The second-order valence-electron chi connectivity index (χ2n) is 6.56. The van der Waals surface area contributed by atoms with E-state index in [1.807, 2.05) is 30.3 Å². The van der Waals surface area contributed by atoms with Gasteiger partial charge in [0.15, 0.2) is 6.61 Å². The minimum absolute atomic E-state index is 0.0153. The molecular weight excluding hydrogens is 363 g/mol. The van der Waals surface area contributed by atoms with Crippen molar-refractivity contribution < 1.29 is 23.5 Å². The van der Waals surface area contributed by atoms with Crippen molar-refractivity contribution in [3.8, 4) is 5.75 Å². The summed E-state index contributed by atoms with van der Waals surface area (Å²) in [5.74, 6) is -0.292. The zero-order valence-corrected chi connectivity index (χ0v) is 15.5. The summed E-state index contributed by atoms with van der Waals surface area (Å²) in [5, 5.41) is 2.74. The molecule has 7 heteroatoms. The van der Waals surface area contributed by atoms with Crippen LogP contribution >= 0.6 is 0 Å². The van der Waals surface area contributed by atoms with E-state index in [2.05, 4.69) is 5.32 Å². The number of nitrogens with one attached hydrogen (secondary N) is 1. The molecule has 0 bridgehead atoms. The number of hydrogen-bond donors (Lipinski definition) is 1. The van der Waals surface area contributed by atoms with Crippen molar-refractivity contribution in [3.63, 3.8) is 0 Å². The lowest BCUT2D eigenvalue weighted by molar-refractivity contribution is -0.148. The van der Waals surface area contributed by atoms with Crippen LogP contribution in [-0.4, -0.2) is 55.7 Å². The molecule has 2 amide bonds. The molecule has 0 aromatic heterocycles.